The van der Waals surface area contributed by atoms with Gasteiger partial charge in [0.2, 0.25) is 11.6 Å². The minimum Gasteiger partial charge on any atom is -0.493 e. The maximum Gasteiger partial charge on any atom is 0.291 e. The molecule has 0 saturated carbocycles. The molecular weight excluding hydrogens is 442 g/mol. The number of halogens is 1. The molecule has 3 rings (SSSR count). The fraction of sp³-hybridized carbons (Fsp3) is 0.200. The molecule has 2 amide bonds. The molecule has 1 aromatic heterocycles. The normalized spacial score (nSPS) is 10.4. The minimum absolute atomic E-state index is 0.200. The Bertz CT molecular complexity index is 1110. The van der Waals surface area contributed by atoms with Crippen molar-refractivity contribution >= 4 is 23.4 Å². The van der Waals surface area contributed by atoms with Crippen molar-refractivity contribution in [2.75, 3.05) is 27.9 Å². The van der Waals surface area contributed by atoms with E-state index in [9.17, 15) is 9.59 Å². The lowest BCUT2D eigenvalue weighted by Gasteiger charge is -2.14. The topological polar surface area (TPSA) is 137 Å². The average Bonchev–Trinajstić information content (AvgIpc) is 3.27. The fourth-order valence-electron chi connectivity index (χ4n) is 2.85. The van der Waals surface area contributed by atoms with E-state index >= 15 is 0 Å². The zero-order valence-corrected chi connectivity index (χ0v) is 18.1. The highest BCUT2D eigenvalue weighted by molar-refractivity contribution is 6.30. The molecule has 3 N–H and O–H groups in total. The molecule has 32 heavy (non-hydrogen) atoms. The molecule has 0 atom stereocenters. The maximum atomic E-state index is 12.5. The van der Waals surface area contributed by atoms with Crippen molar-refractivity contribution in [3.05, 3.63) is 47.2 Å². The molecular formula is C20H20ClN5O6. The maximum absolute atomic E-state index is 12.5. The Balaban J connectivity index is 2.13. The number of carbonyl (C=O) groups excluding carboxylic acids is 2. The van der Waals surface area contributed by atoms with Gasteiger partial charge in [-0.3, -0.25) is 14.8 Å². The van der Waals surface area contributed by atoms with E-state index in [2.05, 4.69) is 15.4 Å². The number of amides is 2. The first-order chi connectivity index (χ1) is 15.4. The number of aromatic nitrogens is 3. The molecule has 168 valence electrons. The van der Waals surface area contributed by atoms with Crippen LogP contribution in [0.4, 0.5) is 0 Å². The predicted molar refractivity (Wildman–Crippen MR) is 114 cm³/mol. The lowest BCUT2D eigenvalue weighted by Crippen LogP contribution is -2.35. The highest BCUT2D eigenvalue weighted by Crippen LogP contribution is 2.41. The van der Waals surface area contributed by atoms with Crippen molar-refractivity contribution in [1.29, 1.82) is 0 Å². The van der Waals surface area contributed by atoms with Gasteiger partial charge in [-0.05, 0) is 36.4 Å². The van der Waals surface area contributed by atoms with Crippen molar-refractivity contribution in [3.8, 4) is 34.3 Å². The van der Waals surface area contributed by atoms with Gasteiger partial charge in [-0.1, -0.05) is 11.6 Å². The molecule has 2 aromatic carbocycles. The van der Waals surface area contributed by atoms with Crippen molar-refractivity contribution in [2.24, 2.45) is 0 Å². The van der Waals surface area contributed by atoms with E-state index in [1.807, 2.05) is 0 Å². The van der Waals surface area contributed by atoms with Gasteiger partial charge in [0.25, 0.3) is 11.8 Å². The Morgan fingerprint density at radius 2 is 1.69 bits per heavy atom. The molecule has 1 heterocycles. The van der Waals surface area contributed by atoms with Crippen LogP contribution in [-0.2, 0) is 4.79 Å². The lowest BCUT2D eigenvalue weighted by molar-refractivity contribution is -0.128. The number of nitrogens with one attached hydrogen (secondary N) is 2. The number of hydrogen-bond acceptors (Lipinski definition) is 8. The molecule has 12 heteroatoms. The third-order valence-electron chi connectivity index (χ3n) is 4.34. The van der Waals surface area contributed by atoms with Gasteiger partial charge >= 0.3 is 0 Å². The molecule has 0 unspecified atom stereocenters. The minimum atomic E-state index is -0.791. The van der Waals surface area contributed by atoms with Crippen LogP contribution in [0.2, 0.25) is 5.02 Å². The molecule has 0 bridgehead atoms. The molecule has 0 aliphatic carbocycles. The highest BCUT2D eigenvalue weighted by atomic mass is 35.5. The van der Waals surface area contributed by atoms with E-state index in [4.69, 9.17) is 31.0 Å². The summed E-state index contributed by atoms with van der Waals surface area (Å²) in [6.45, 7) is -0.454. The number of rotatable bonds is 8. The van der Waals surface area contributed by atoms with Crippen LogP contribution in [0, 0.1) is 0 Å². The quantitative estimate of drug-likeness (QED) is 0.341. The van der Waals surface area contributed by atoms with Gasteiger partial charge in [0.05, 0.1) is 33.6 Å². The van der Waals surface area contributed by atoms with Crippen molar-refractivity contribution in [1.82, 2.24) is 25.6 Å². The second-order valence-corrected chi connectivity index (χ2v) is 6.72. The molecule has 3 aromatic rings. The summed E-state index contributed by atoms with van der Waals surface area (Å²) in [5, 5.41) is 15.7. The highest BCUT2D eigenvalue weighted by Gasteiger charge is 2.22. The van der Waals surface area contributed by atoms with Crippen molar-refractivity contribution in [2.45, 2.75) is 0 Å². The van der Waals surface area contributed by atoms with E-state index in [-0.39, 0.29) is 5.82 Å². The molecule has 0 spiro atoms. The lowest BCUT2D eigenvalue weighted by atomic mass is 10.1. The summed E-state index contributed by atoms with van der Waals surface area (Å²) in [7, 11) is 4.45. The Labute approximate surface area is 187 Å². The standard InChI is InChI=1S/C20H20ClN5O6/c1-30-14-8-11(9-15(31-2)17(14)32-3)19-23-18(20(28)22-10-16(27)25-29)24-26(19)13-6-4-12(21)5-7-13/h4-9,29H,10H2,1-3H3,(H,22,28)(H,25,27). The third-order valence-corrected chi connectivity index (χ3v) is 4.59. The van der Waals surface area contributed by atoms with Gasteiger partial charge in [0, 0.05) is 10.6 Å². The summed E-state index contributed by atoms with van der Waals surface area (Å²) < 4.78 is 17.6. The van der Waals surface area contributed by atoms with Crippen molar-refractivity contribution < 1.29 is 29.0 Å². The summed E-state index contributed by atoms with van der Waals surface area (Å²) in [6.07, 6.45) is 0. The van der Waals surface area contributed by atoms with Crippen LogP contribution in [0.1, 0.15) is 10.6 Å². The third kappa shape index (κ3) is 4.74. The van der Waals surface area contributed by atoms with Crippen LogP contribution in [-0.4, -0.2) is 59.7 Å². The van der Waals surface area contributed by atoms with E-state index in [0.717, 1.165) is 0 Å². The Hall–Kier alpha value is -3.83. The van der Waals surface area contributed by atoms with Crippen LogP contribution in [0.3, 0.4) is 0 Å². The first kappa shape index (κ1) is 22.8. The first-order valence-corrected chi connectivity index (χ1v) is 9.54. The summed E-state index contributed by atoms with van der Waals surface area (Å²) in [5.74, 6) is -0.242. The van der Waals surface area contributed by atoms with Gasteiger partial charge in [0.1, 0.15) is 0 Å². The molecule has 0 aliphatic heterocycles. The van der Waals surface area contributed by atoms with Crippen LogP contribution >= 0.6 is 11.6 Å². The number of ether oxygens (including phenoxy) is 3. The molecule has 0 radical (unpaired) electrons. The Kier molecular flexibility index (Phi) is 7.13. The monoisotopic (exact) mass is 461 g/mol. The largest absolute Gasteiger partial charge is 0.493 e. The summed E-state index contributed by atoms with van der Waals surface area (Å²) in [5.41, 5.74) is 2.53. The SMILES string of the molecule is COc1cc(-c2nc(C(=O)NCC(=O)NO)nn2-c2ccc(Cl)cc2)cc(OC)c1OC. The van der Waals surface area contributed by atoms with Gasteiger partial charge in [0.15, 0.2) is 17.3 Å². The number of methoxy groups -OCH3 is 3. The predicted octanol–water partition coefficient (Wildman–Crippen LogP) is 1.85. The molecule has 0 fully saturated rings. The second-order valence-electron chi connectivity index (χ2n) is 6.28. The van der Waals surface area contributed by atoms with E-state index in [0.29, 0.717) is 39.3 Å². The number of nitrogens with zero attached hydrogens (tertiary/aromatic N) is 3. The zero-order valence-electron chi connectivity index (χ0n) is 17.4. The van der Waals surface area contributed by atoms with E-state index in [1.54, 1.807) is 36.4 Å². The number of carbonyl (C=O) groups is 2. The number of hydroxylamine groups is 1. The van der Waals surface area contributed by atoms with Gasteiger partial charge < -0.3 is 19.5 Å². The fourth-order valence-corrected chi connectivity index (χ4v) is 2.97. The number of hydrogen-bond donors (Lipinski definition) is 3. The van der Waals surface area contributed by atoms with Gasteiger partial charge in [-0.25, -0.2) is 15.1 Å². The summed E-state index contributed by atoms with van der Waals surface area (Å²) >= 11 is 5.99. The molecule has 0 aliphatic rings. The average molecular weight is 462 g/mol. The van der Waals surface area contributed by atoms with Crippen LogP contribution in [0.25, 0.3) is 17.1 Å². The van der Waals surface area contributed by atoms with Crippen LogP contribution in [0.5, 0.6) is 17.2 Å². The zero-order chi connectivity index (χ0) is 23.3. The smallest absolute Gasteiger partial charge is 0.291 e. The second kappa shape index (κ2) is 9.98. The van der Waals surface area contributed by atoms with Crippen LogP contribution in [0.15, 0.2) is 36.4 Å². The van der Waals surface area contributed by atoms with Crippen molar-refractivity contribution in [3.63, 3.8) is 0 Å². The van der Waals surface area contributed by atoms with E-state index in [1.165, 1.54) is 31.5 Å². The van der Waals surface area contributed by atoms with E-state index < -0.39 is 18.4 Å². The van der Waals surface area contributed by atoms with Crippen LogP contribution < -0.4 is 25.0 Å². The Morgan fingerprint density at radius 1 is 1.06 bits per heavy atom. The molecule has 11 nitrogen and oxygen atoms in total. The molecule has 0 saturated heterocycles. The summed E-state index contributed by atoms with van der Waals surface area (Å²) in [6, 6.07) is 10.1. The first-order valence-electron chi connectivity index (χ1n) is 9.16. The van der Waals surface area contributed by atoms with Gasteiger partial charge in [-0.2, -0.15) is 0 Å². The summed E-state index contributed by atoms with van der Waals surface area (Å²) in [4.78, 5) is 28.1. The number of benzene rings is 2. The Morgan fingerprint density at radius 3 is 2.22 bits per heavy atom. The van der Waals surface area contributed by atoms with Gasteiger partial charge in [-0.15, -0.1) is 5.10 Å².